The number of urea groups is 1. The summed E-state index contributed by atoms with van der Waals surface area (Å²) in [4.78, 5) is 12.2. The van der Waals surface area contributed by atoms with Crippen LogP contribution in [0, 0.1) is 13.8 Å². The van der Waals surface area contributed by atoms with Crippen molar-refractivity contribution in [2.75, 3.05) is 5.32 Å². The van der Waals surface area contributed by atoms with E-state index >= 15 is 0 Å². The highest BCUT2D eigenvalue weighted by atomic mass is 32.2. The molecule has 0 atom stereocenters. The number of aliphatic hydroxyl groups is 1. The van der Waals surface area contributed by atoms with Crippen molar-refractivity contribution in [3.05, 3.63) is 46.7 Å². The van der Waals surface area contributed by atoms with Crippen LogP contribution in [-0.2, 0) is 15.6 Å². The predicted octanol–water partition coefficient (Wildman–Crippen LogP) is 3.51. The molecule has 0 bridgehead atoms. The molecular weight excluding hydrogens is 368 g/mol. The van der Waals surface area contributed by atoms with Crippen molar-refractivity contribution in [2.24, 2.45) is 0 Å². The number of para-hydroxylation sites is 1. The number of amides is 2. The van der Waals surface area contributed by atoms with E-state index in [1.54, 1.807) is 13.8 Å². The van der Waals surface area contributed by atoms with Gasteiger partial charge in [-0.2, -0.15) is 8.42 Å². The average Bonchev–Trinajstić information content (AvgIpc) is 3.26. The molecule has 1 aliphatic carbocycles. The normalized spacial score (nSPS) is 14.9. The summed E-state index contributed by atoms with van der Waals surface area (Å²) in [5.74, 6) is 0.580. The van der Waals surface area contributed by atoms with Crippen LogP contribution in [0.15, 0.2) is 33.8 Å². The number of nitrogens with one attached hydrogen (secondary N) is 2. The van der Waals surface area contributed by atoms with Crippen LogP contribution in [0.1, 0.15) is 55.1 Å². The van der Waals surface area contributed by atoms with Crippen molar-refractivity contribution in [1.82, 2.24) is 4.72 Å². The SMILES string of the molecule is Cc1cccc(C)c1NC(=O)NS(=O)(=O)c1cc(C(C)(C)O)c(C2CC2)o1. The first-order chi connectivity index (χ1) is 12.5. The second-order valence-corrected chi connectivity index (χ2v) is 9.12. The summed E-state index contributed by atoms with van der Waals surface area (Å²) in [5, 5.41) is 12.5. The first-order valence-electron chi connectivity index (χ1n) is 8.75. The van der Waals surface area contributed by atoms with Crippen LogP contribution in [0.25, 0.3) is 0 Å². The third-order valence-corrected chi connectivity index (χ3v) is 5.74. The Morgan fingerprint density at radius 2 is 1.81 bits per heavy atom. The van der Waals surface area contributed by atoms with Gasteiger partial charge in [0.25, 0.3) is 10.0 Å². The lowest BCUT2D eigenvalue weighted by Gasteiger charge is -2.16. The number of sulfonamides is 1. The Labute approximate surface area is 158 Å². The first-order valence-corrected chi connectivity index (χ1v) is 10.2. The molecule has 0 unspecified atom stereocenters. The number of benzene rings is 1. The van der Waals surface area contributed by atoms with E-state index in [0.717, 1.165) is 24.0 Å². The number of furan rings is 1. The van der Waals surface area contributed by atoms with Gasteiger partial charge in [-0.15, -0.1) is 0 Å². The highest BCUT2D eigenvalue weighted by molar-refractivity contribution is 7.89. The van der Waals surface area contributed by atoms with E-state index in [0.29, 0.717) is 17.0 Å². The Morgan fingerprint density at radius 3 is 2.33 bits per heavy atom. The lowest BCUT2D eigenvalue weighted by Crippen LogP contribution is -2.34. The molecule has 0 spiro atoms. The van der Waals surface area contributed by atoms with Crippen LogP contribution >= 0.6 is 0 Å². The smallest absolute Gasteiger partial charge is 0.333 e. The molecule has 3 rings (SSSR count). The molecule has 146 valence electrons. The van der Waals surface area contributed by atoms with E-state index in [-0.39, 0.29) is 11.0 Å². The van der Waals surface area contributed by atoms with Gasteiger partial charge in [-0.05, 0) is 51.7 Å². The molecule has 0 aliphatic heterocycles. The summed E-state index contributed by atoms with van der Waals surface area (Å²) < 4.78 is 32.7. The summed E-state index contributed by atoms with van der Waals surface area (Å²) >= 11 is 0. The molecule has 0 saturated heterocycles. The molecular formula is C19H24N2O5S. The molecule has 1 aromatic heterocycles. The number of carbonyl (C=O) groups is 1. The standard InChI is InChI=1S/C19H24N2O5S/c1-11-6-5-7-12(2)16(11)20-18(22)21-27(24,25)15-10-14(19(3,4)23)17(26-15)13-8-9-13/h5-7,10,13,23H,8-9H2,1-4H3,(H2,20,21,22). The van der Waals surface area contributed by atoms with E-state index < -0.39 is 21.7 Å². The number of hydrogen-bond acceptors (Lipinski definition) is 5. The summed E-state index contributed by atoms with van der Waals surface area (Å²) in [6.45, 7) is 6.78. The lowest BCUT2D eigenvalue weighted by molar-refractivity contribution is 0.0765. The van der Waals surface area contributed by atoms with Crippen LogP contribution in [0.5, 0.6) is 0 Å². The van der Waals surface area contributed by atoms with Gasteiger partial charge in [0, 0.05) is 23.2 Å². The van der Waals surface area contributed by atoms with Crippen molar-refractivity contribution in [3.8, 4) is 0 Å². The van der Waals surface area contributed by atoms with Crippen molar-refractivity contribution >= 4 is 21.7 Å². The third-order valence-electron chi connectivity index (χ3n) is 4.56. The summed E-state index contributed by atoms with van der Waals surface area (Å²) in [6.07, 6.45) is 1.77. The van der Waals surface area contributed by atoms with E-state index in [2.05, 4.69) is 5.32 Å². The number of aryl methyl sites for hydroxylation is 2. The van der Waals surface area contributed by atoms with Gasteiger partial charge in [0.2, 0.25) is 5.09 Å². The maximum absolute atomic E-state index is 12.6. The number of hydrogen-bond donors (Lipinski definition) is 3. The van der Waals surface area contributed by atoms with E-state index in [9.17, 15) is 18.3 Å². The van der Waals surface area contributed by atoms with Crippen LogP contribution in [0.2, 0.25) is 0 Å². The van der Waals surface area contributed by atoms with Gasteiger partial charge >= 0.3 is 6.03 Å². The van der Waals surface area contributed by atoms with Gasteiger partial charge < -0.3 is 14.8 Å². The van der Waals surface area contributed by atoms with Gasteiger partial charge in [-0.3, -0.25) is 0 Å². The molecule has 1 saturated carbocycles. The molecule has 1 aliphatic rings. The van der Waals surface area contributed by atoms with Crippen molar-refractivity contribution in [2.45, 2.75) is 57.1 Å². The van der Waals surface area contributed by atoms with Gasteiger partial charge in [0.15, 0.2) is 0 Å². The van der Waals surface area contributed by atoms with Crippen molar-refractivity contribution in [3.63, 3.8) is 0 Å². The Kier molecular flexibility index (Phi) is 4.81. The molecule has 8 heteroatoms. The Bertz CT molecular complexity index is 962. The van der Waals surface area contributed by atoms with Crippen molar-refractivity contribution < 1.29 is 22.7 Å². The number of carbonyl (C=O) groups excluding carboxylic acids is 1. The van der Waals surface area contributed by atoms with E-state index in [1.807, 2.05) is 36.8 Å². The van der Waals surface area contributed by atoms with Crippen LogP contribution in [-0.4, -0.2) is 19.6 Å². The Hall–Kier alpha value is -2.32. The molecule has 1 aromatic carbocycles. The highest BCUT2D eigenvalue weighted by Crippen LogP contribution is 2.45. The minimum absolute atomic E-state index is 0.110. The fourth-order valence-electron chi connectivity index (χ4n) is 2.96. The first kappa shape index (κ1) is 19.4. The van der Waals surface area contributed by atoms with Gasteiger partial charge in [-0.25, -0.2) is 9.52 Å². The molecule has 7 nitrogen and oxygen atoms in total. The molecule has 2 aromatic rings. The summed E-state index contributed by atoms with van der Waals surface area (Å²) in [5.41, 5.74) is 1.39. The third kappa shape index (κ3) is 4.17. The van der Waals surface area contributed by atoms with Gasteiger partial charge in [-0.1, -0.05) is 18.2 Å². The second kappa shape index (κ2) is 6.69. The fraction of sp³-hybridized carbons (Fsp3) is 0.421. The fourth-order valence-corrected chi connectivity index (χ4v) is 3.83. The van der Waals surface area contributed by atoms with Gasteiger partial charge in [0.1, 0.15) is 5.76 Å². The van der Waals surface area contributed by atoms with Crippen molar-refractivity contribution in [1.29, 1.82) is 0 Å². The van der Waals surface area contributed by atoms with E-state index in [4.69, 9.17) is 4.42 Å². The monoisotopic (exact) mass is 392 g/mol. The molecule has 3 N–H and O–H groups in total. The summed E-state index contributed by atoms with van der Waals surface area (Å²) in [7, 11) is -4.21. The molecule has 1 fully saturated rings. The largest absolute Gasteiger partial charge is 0.447 e. The van der Waals surface area contributed by atoms with Gasteiger partial charge in [0.05, 0.1) is 5.60 Å². The highest BCUT2D eigenvalue weighted by Gasteiger charge is 2.37. The minimum atomic E-state index is -4.21. The Balaban J connectivity index is 1.84. The second-order valence-electron chi connectivity index (χ2n) is 7.50. The quantitative estimate of drug-likeness (QED) is 0.721. The Morgan fingerprint density at radius 1 is 1.22 bits per heavy atom. The zero-order valence-corrected chi connectivity index (χ0v) is 16.6. The average molecular weight is 392 g/mol. The van der Waals surface area contributed by atoms with Crippen LogP contribution in [0.4, 0.5) is 10.5 Å². The number of rotatable bonds is 5. The molecule has 27 heavy (non-hydrogen) atoms. The lowest BCUT2D eigenvalue weighted by atomic mass is 9.97. The zero-order chi connectivity index (χ0) is 20.0. The molecule has 1 heterocycles. The molecule has 0 radical (unpaired) electrons. The maximum atomic E-state index is 12.6. The minimum Gasteiger partial charge on any atom is -0.447 e. The topological polar surface area (TPSA) is 109 Å². The zero-order valence-electron chi connectivity index (χ0n) is 15.8. The summed E-state index contributed by atoms with van der Waals surface area (Å²) in [6, 6.07) is 5.91. The van der Waals surface area contributed by atoms with E-state index in [1.165, 1.54) is 6.07 Å². The van der Waals surface area contributed by atoms with Crippen LogP contribution in [0.3, 0.4) is 0 Å². The maximum Gasteiger partial charge on any atom is 0.333 e. The van der Waals surface area contributed by atoms with Crippen LogP contribution < -0.4 is 10.0 Å². The molecule has 2 amide bonds. The predicted molar refractivity (Wildman–Crippen MR) is 101 cm³/mol. The number of anilines is 1.